The molecule has 1 aromatic heterocycles. The number of nitro groups is 1. The zero-order valence-corrected chi connectivity index (χ0v) is 16.9. The maximum atomic E-state index is 11.1. The van der Waals surface area contributed by atoms with E-state index in [2.05, 4.69) is 31.5 Å². The Morgan fingerprint density at radius 3 is 2.65 bits per heavy atom. The Hall–Kier alpha value is -2.22. The van der Waals surface area contributed by atoms with Crippen molar-refractivity contribution in [3.05, 3.63) is 34.1 Å². The summed E-state index contributed by atoms with van der Waals surface area (Å²) in [6.45, 7) is 9.96. The zero-order chi connectivity index (χ0) is 19.5. The highest BCUT2D eigenvalue weighted by molar-refractivity contribution is 6.76. The molecule has 0 aliphatic carbocycles. The molecule has 0 aliphatic heterocycles. The Labute approximate surface area is 154 Å². The van der Waals surface area contributed by atoms with Crippen LogP contribution < -0.4 is 0 Å². The quantitative estimate of drug-likeness (QED) is 0.398. The van der Waals surface area contributed by atoms with Crippen LogP contribution in [0.1, 0.15) is 25.6 Å². The Bertz CT molecular complexity index is 811. The number of nitro benzene ring substituents is 1. The van der Waals surface area contributed by atoms with Gasteiger partial charge < -0.3 is 9.67 Å². The number of carbonyl (C=O) groups is 1. The Kier molecular flexibility index (Phi) is 6.17. The van der Waals surface area contributed by atoms with Crippen LogP contribution in [0.25, 0.3) is 11.0 Å². The molecule has 7 nitrogen and oxygen atoms in total. The predicted molar refractivity (Wildman–Crippen MR) is 104 cm³/mol. The second kappa shape index (κ2) is 7.99. The number of hydrogen-bond acceptors (Lipinski definition) is 4. The normalized spacial score (nSPS) is 13.1. The number of fused-ring (bicyclic) bond motifs is 1. The third-order valence-corrected chi connectivity index (χ3v) is 6.31. The summed E-state index contributed by atoms with van der Waals surface area (Å²) in [5.74, 6) is 0.356. The number of benzene rings is 1. The molecule has 0 fully saturated rings. The number of carboxylic acid groups (broad SMARTS) is 1. The summed E-state index contributed by atoms with van der Waals surface area (Å²) in [4.78, 5) is 26.2. The van der Waals surface area contributed by atoms with Gasteiger partial charge in [-0.25, -0.2) is 4.98 Å². The second-order valence-corrected chi connectivity index (χ2v) is 13.7. The van der Waals surface area contributed by atoms with Gasteiger partial charge in [0, 0.05) is 33.2 Å². The van der Waals surface area contributed by atoms with Crippen molar-refractivity contribution in [1.82, 2.24) is 9.55 Å². The first kappa shape index (κ1) is 20.1. The molecular weight excluding hydrogens is 350 g/mol. The summed E-state index contributed by atoms with van der Waals surface area (Å²) < 4.78 is 1.96. The van der Waals surface area contributed by atoms with Crippen LogP contribution in [0.3, 0.4) is 0 Å². The number of carboxylic acids is 1. The molecular formula is C18H27N3O4Si. The molecule has 2 rings (SSSR count). The average Bonchev–Trinajstić information content (AvgIpc) is 2.85. The van der Waals surface area contributed by atoms with Gasteiger partial charge in [-0.2, -0.15) is 0 Å². The number of aryl methyl sites for hydroxylation is 2. The lowest BCUT2D eigenvalue weighted by Gasteiger charge is -2.22. The lowest BCUT2D eigenvalue weighted by Crippen LogP contribution is -2.23. The van der Waals surface area contributed by atoms with Gasteiger partial charge in [0.1, 0.15) is 5.82 Å². The van der Waals surface area contributed by atoms with Gasteiger partial charge in [0.2, 0.25) is 0 Å². The number of rotatable bonds is 9. The van der Waals surface area contributed by atoms with Crippen LogP contribution >= 0.6 is 0 Å². The highest BCUT2D eigenvalue weighted by atomic mass is 28.3. The molecule has 1 aromatic carbocycles. The summed E-state index contributed by atoms with van der Waals surface area (Å²) in [5.41, 5.74) is 1.41. The van der Waals surface area contributed by atoms with E-state index in [-0.39, 0.29) is 12.1 Å². The number of imidazole rings is 1. The highest BCUT2D eigenvalue weighted by Crippen LogP contribution is 2.25. The zero-order valence-electron chi connectivity index (χ0n) is 15.9. The smallest absolute Gasteiger partial charge is 0.303 e. The van der Waals surface area contributed by atoms with E-state index in [9.17, 15) is 14.9 Å². The van der Waals surface area contributed by atoms with E-state index in [4.69, 9.17) is 5.11 Å². The topological polar surface area (TPSA) is 98.3 Å². The van der Waals surface area contributed by atoms with Gasteiger partial charge in [0.05, 0.1) is 22.4 Å². The molecule has 2 aromatic rings. The van der Waals surface area contributed by atoms with Crippen LogP contribution in [-0.2, 0) is 17.8 Å². The van der Waals surface area contributed by atoms with Crippen molar-refractivity contribution >= 4 is 30.8 Å². The number of aliphatic carboxylic acids is 1. The molecule has 1 unspecified atom stereocenters. The van der Waals surface area contributed by atoms with Gasteiger partial charge in [0.25, 0.3) is 5.69 Å². The fraction of sp³-hybridized carbons (Fsp3) is 0.556. The van der Waals surface area contributed by atoms with Gasteiger partial charge >= 0.3 is 5.97 Å². The van der Waals surface area contributed by atoms with Crippen molar-refractivity contribution in [2.45, 2.75) is 58.4 Å². The van der Waals surface area contributed by atoms with E-state index in [0.29, 0.717) is 35.7 Å². The van der Waals surface area contributed by atoms with E-state index in [0.717, 1.165) is 6.42 Å². The predicted octanol–water partition coefficient (Wildman–Crippen LogP) is 4.33. The van der Waals surface area contributed by atoms with Gasteiger partial charge in [-0.15, -0.1) is 0 Å². The number of hydrogen-bond donors (Lipinski definition) is 1. The Morgan fingerprint density at radius 2 is 2.08 bits per heavy atom. The highest BCUT2D eigenvalue weighted by Gasteiger charge is 2.19. The van der Waals surface area contributed by atoms with Crippen LogP contribution in [0.4, 0.5) is 5.69 Å². The maximum Gasteiger partial charge on any atom is 0.303 e. The minimum absolute atomic E-state index is 0.00409. The van der Waals surface area contributed by atoms with Crippen molar-refractivity contribution in [3.8, 4) is 0 Å². The molecule has 0 spiro atoms. The maximum absolute atomic E-state index is 11.1. The Morgan fingerprint density at radius 1 is 1.38 bits per heavy atom. The van der Waals surface area contributed by atoms with Crippen LogP contribution in [0.15, 0.2) is 18.2 Å². The first-order valence-corrected chi connectivity index (χ1v) is 12.6. The molecule has 0 bridgehead atoms. The van der Waals surface area contributed by atoms with Gasteiger partial charge in [-0.1, -0.05) is 32.6 Å². The molecule has 1 atom stereocenters. The summed E-state index contributed by atoms with van der Waals surface area (Å²) in [6, 6.07) is 5.83. The van der Waals surface area contributed by atoms with Crippen molar-refractivity contribution in [2.24, 2.45) is 5.92 Å². The lowest BCUT2D eigenvalue weighted by molar-refractivity contribution is -0.384. The van der Waals surface area contributed by atoms with Gasteiger partial charge in [-0.05, 0) is 18.4 Å². The third-order valence-electron chi connectivity index (χ3n) is 4.39. The molecule has 1 N–H and O–H groups in total. The first-order chi connectivity index (χ1) is 12.1. The van der Waals surface area contributed by atoms with E-state index in [1.165, 1.54) is 18.2 Å². The molecule has 26 heavy (non-hydrogen) atoms. The molecule has 0 saturated carbocycles. The van der Waals surface area contributed by atoms with Crippen LogP contribution in [0.2, 0.25) is 25.7 Å². The summed E-state index contributed by atoms with van der Waals surface area (Å²) in [5, 5.41) is 20.1. The van der Waals surface area contributed by atoms with Crippen molar-refractivity contribution in [3.63, 3.8) is 0 Å². The molecule has 0 saturated heterocycles. The van der Waals surface area contributed by atoms with Crippen LogP contribution in [-0.4, -0.2) is 33.6 Å². The minimum Gasteiger partial charge on any atom is -0.481 e. The fourth-order valence-corrected chi connectivity index (χ4v) is 5.73. The molecule has 1 heterocycles. The SMILES string of the molecule is CC(CCn1c(CCC(=O)O)nc2ccc([N+](=O)[O-])cc21)C[Si](C)(C)C. The van der Waals surface area contributed by atoms with Gasteiger partial charge in [-0.3, -0.25) is 14.9 Å². The van der Waals surface area contributed by atoms with Crippen molar-refractivity contribution < 1.29 is 14.8 Å². The van der Waals surface area contributed by atoms with E-state index < -0.39 is 19.0 Å². The average molecular weight is 378 g/mol. The fourth-order valence-electron chi connectivity index (χ4n) is 3.43. The summed E-state index contributed by atoms with van der Waals surface area (Å²) >= 11 is 0. The second-order valence-electron chi connectivity index (χ2n) is 8.16. The number of non-ortho nitro benzene ring substituents is 1. The van der Waals surface area contributed by atoms with E-state index >= 15 is 0 Å². The molecule has 0 radical (unpaired) electrons. The summed E-state index contributed by atoms with van der Waals surface area (Å²) in [7, 11) is -1.16. The standard InChI is InChI=1S/C18H27N3O4Si/c1-13(12-26(2,3)4)9-10-20-16-11-14(21(24)25)5-6-15(16)19-17(20)7-8-18(22)23/h5-6,11,13H,7-10,12H2,1-4H3,(H,22,23). The molecule has 0 aliphatic rings. The van der Waals surface area contributed by atoms with Gasteiger partial charge in [0.15, 0.2) is 0 Å². The first-order valence-electron chi connectivity index (χ1n) is 8.92. The largest absolute Gasteiger partial charge is 0.481 e. The van der Waals surface area contributed by atoms with E-state index in [1.54, 1.807) is 6.07 Å². The van der Waals surface area contributed by atoms with Crippen LogP contribution in [0, 0.1) is 16.0 Å². The number of nitrogens with zero attached hydrogens (tertiary/aromatic N) is 3. The third kappa shape index (κ3) is 5.39. The van der Waals surface area contributed by atoms with E-state index in [1.807, 2.05) is 4.57 Å². The van der Waals surface area contributed by atoms with Crippen LogP contribution in [0.5, 0.6) is 0 Å². The van der Waals surface area contributed by atoms with Crippen molar-refractivity contribution in [2.75, 3.05) is 0 Å². The minimum atomic E-state index is -1.16. The summed E-state index contributed by atoms with van der Waals surface area (Å²) in [6.07, 6.45) is 1.26. The lowest BCUT2D eigenvalue weighted by atomic mass is 10.1. The molecule has 142 valence electrons. The molecule has 8 heteroatoms. The van der Waals surface area contributed by atoms with Crippen molar-refractivity contribution in [1.29, 1.82) is 0 Å². The Balaban J connectivity index is 2.32. The molecule has 0 amide bonds. The monoisotopic (exact) mass is 377 g/mol. The number of aromatic nitrogens is 2.